The van der Waals surface area contributed by atoms with E-state index in [4.69, 9.17) is 5.26 Å². The number of aryl methyl sites for hydroxylation is 1. The first-order chi connectivity index (χ1) is 18.1. The third-order valence-corrected chi connectivity index (χ3v) is 6.92. The van der Waals surface area contributed by atoms with Crippen LogP contribution < -0.4 is 15.5 Å². The second-order valence-electron chi connectivity index (χ2n) is 10.4. The van der Waals surface area contributed by atoms with Gasteiger partial charge < -0.3 is 19.9 Å². The summed E-state index contributed by atoms with van der Waals surface area (Å²) in [4.78, 5) is 32.1. The van der Waals surface area contributed by atoms with Crippen LogP contribution in [0.15, 0.2) is 36.4 Å². The summed E-state index contributed by atoms with van der Waals surface area (Å²) >= 11 is 0. The summed E-state index contributed by atoms with van der Waals surface area (Å²) in [6.45, 7) is 3.78. The summed E-state index contributed by atoms with van der Waals surface area (Å²) in [5.74, 6) is -0.365. The summed E-state index contributed by atoms with van der Waals surface area (Å²) in [6, 6.07) is 10.4. The van der Waals surface area contributed by atoms with E-state index >= 15 is 0 Å². The molecule has 1 heterocycles. The number of imidazole rings is 1. The molecule has 0 saturated heterocycles. The van der Waals surface area contributed by atoms with E-state index in [1.165, 1.54) is 18.6 Å². The zero-order valence-electron chi connectivity index (χ0n) is 21.9. The van der Waals surface area contributed by atoms with Crippen molar-refractivity contribution in [3.05, 3.63) is 47.8 Å². The van der Waals surface area contributed by atoms with Gasteiger partial charge >= 0.3 is 6.03 Å². The lowest BCUT2D eigenvalue weighted by atomic mass is 9.88. The number of hydrogen-bond acceptors (Lipinski definition) is 5. The van der Waals surface area contributed by atoms with Gasteiger partial charge in [0.1, 0.15) is 11.9 Å². The number of hydrogen-bond donors (Lipinski definition) is 3. The number of urea groups is 1. The third kappa shape index (κ3) is 6.29. The number of aromatic nitrogens is 2. The molecule has 3 N–H and O–H groups in total. The van der Waals surface area contributed by atoms with E-state index in [-0.39, 0.29) is 29.0 Å². The number of anilines is 3. The Labute approximate surface area is 221 Å². The van der Waals surface area contributed by atoms with Crippen molar-refractivity contribution in [2.24, 2.45) is 5.92 Å². The summed E-state index contributed by atoms with van der Waals surface area (Å²) in [6.07, 6.45) is 5.53. The predicted molar refractivity (Wildman–Crippen MR) is 144 cm³/mol. The molecule has 0 bridgehead atoms. The van der Waals surface area contributed by atoms with Crippen molar-refractivity contribution >= 4 is 40.3 Å². The molecule has 9 nitrogen and oxygen atoms in total. The smallest absolute Gasteiger partial charge is 0.326 e. The van der Waals surface area contributed by atoms with Crippen LogP contribution in [0.2, 0.25) is 0 Å². The van der Waals surface area contributed by atoms with Crippen molar-refractivity contribution in [2.75, 3.05) is 22.6 Å². The molecular weight excluding hydrogens is 487 g/mol. The van der Waals surface area contributed by atoms with Gasteiger partial charge in [-0.2, -0.15) is 5.26 Å². The number of benzene rings is 2. The minimum Gasteiger partial charge on any atom is -0.390 e. The summed E-state index contributed by atoms with van der Waals surface area (Å²) < 4.78 is 15.8. The summed E-state index contributed by atoms with van der Waals surface area (Å²) in [5, 5.41) is 24.5. The average Bonchev–Trinajstić information content (AvgIpc) is 3.22. The van der Waals surface area contributed by atoms with Crippen molar-refractivity contribution in [3.63, 3.8) is 0 Å². The maximum atomic E-state index is 14.0. The number of aliphatic hydroxyl groups is 1. The zero-order valence-corrected chi connectivity index (χ0v) is 21.9. The van der Waals surface area contributed by atoms with E-state index in [1.54, 1.807) is 36.4 Å². The van der Waals surface area contributed by atoms with Crippen molar-refractivity contribution in [2.45, 2.75) is 64.5 Å². The Kier molecular flexibility index (Phi) is 7.97. The lowest BCUT2D eigenvalue weighted by Crippen LogP contribution is -2.33. The van der Waals surface area contributed by atoms with Gasteiger partial charge in [-0.3, -0.25) is 10.1 Å². The highest BCUT2D eigenvalue weighted by Crippen LogP contribution is 2.30. The molecule has 1 aliphatic carbocycles. The lowest BCUT2D eigenvalue weighted by molar-refractivity contribution is -0.123. The molecule has 38 heavy (non-hydrogen) atoms. The quantitative estimate of drug-likeness (QED) is 0.385. The van der Waals surface area contributed by atoms with E-state index in [1.807, 2.05) is 18.2 Å². The number of nitriles is 1. The SMILES string of the molecule is CN(C(=O)C1CCCCC1)c1ccc2c(c1)nc(NC(=O)Nc1ccc(C#N)c(F)c1)n2CCC(C)(C)O. The number of carbonyl (C=O) groups is 2. The number of carbonyl (C=O) groups excluding carboxylic acids is 2. The molecular formula is C28H33FN6O3. The second-order valence-corrected chi connectivity index (χ2v) is 10.4. The van der Waals surface area contributed by atoms with Gasteiger partial charge in [0.05, 0.1) is 22.2 Å². The fourth-order valence-electron chi connectivity index (χ4n) is 4.73. The monoisotopic (exact) mass is 520 g/mol. The largest absolute Gasteiger partial charge is 0.390 e. The first kappa shape index (κ1) is 27.1. The Morgan fingerprint density at radius 2 is 1.92 bits per heavy atom. The molecule has 1 fully saturated rings. The van der Waals surface area contributed by atoms with Gasteiger partial charge in [-0.25, -0.2) is 14.2 Å². The molecule has 0 atom stereocenters. The molecule has 10 heteroatoms. The Balaban J connectivity index is 1.59. The van der Waals surface area contributed by atoms with E-state index in [0.29, 0.717) is 24.2 Å². The van der Waals surface area contributed by atoms with Gasteiger partial charge in [0.15, 0.2) is 0 Å². The summed E-state index contributed by atoms with van der Waals surface area (Å²) in [5.41, 5.74) is 1.15. The van der Waals surface area contributed by atoms with Crippen LogP contribution in [0.1, 0.15) is 57.9 Å². The van der Waals surface area contributed by atoms with Crippen LogP contribution in [-0.4, -0.2) is 39.2 Å². The molecule has 200 valence electrons. The zero-order chi connectivity index (χ0) is 27.4. The average molecular weight is 521 g/mol. The molecule has 3 aromatic rings. The van der Waals surface area contributed by atoms with Crippen LogP contribution in [-0.2, 0) is 11.3 Å². The fourth-order valence-corrected chi connectivity index (χ4v) is 4.73. The first-order valence-corrected chi connectivity index (χ1v) is 12.8. The number of nitrogens with zero attached hydrogens (tertiary/aromatic N) is 4. The number of amides is 3. The lowest BCUT2D eigenvalue weighted by Gasteiger charge is -2.26. The number of nitrogens with one attached hydrogen (secondary N) is 2. The van der Waals surface area contributed by atoms with Gasteiger partial charge in [-0.15, -0.1) is 0 Å². The molecule has 2 aromatic carbocycles. The van der Waals surface area contributed by atoms with Crippen molar-refractivity contribution in [3.8, 4) is 6.07 Å². The molecule has 1 aliphatic rings. The van der Waals surface area contributed by atoms with Crippen LogP contribution in [0.25, 0.3) is 11.0 Å². The van der Waals surface area contributed by atoms with Gasteiger partial charge in [-0.05, 0) is 69.5 Å². The minimum atomic E-state index is -0.942. The van der Waals surface area contributed by atoms with Crippen molar-refractivity contribution in [1.82, 2.24) is 9.55 Å². The predicted octanol–water partition coefficient (Wildman–Crippen LogP) is 5.40. The Hall–Kier alpha value is -3.97. The highest BCUT2D eigenvalue weighted by atomic mass is 19.1. The topological polar surface area (TPSA) is 123 Å². The van der Waals surface area contributed by atoms with Gasteiger partial charge in [0.25, 0.3) is 0 Å². The first-order valence-electron chi connectivity index (χ1n) is 12.8. The molecule has 4 rings (SSSR count). The Morgan fingerprint density at radius 1 is 1.18 bits per heavy atom. The fraction of sp³-hybridized carbons (Fsp3) is 0.429. The molecule has 0 unspecified atom stereocenters. The van der Waals surface area contributed by atoms with Crippen LogP contribution in [0.5, 0.6) is 0 Å². The van der Waals surface area contributed by atoms with Crippen LogP contribution >= 0.6 is 0 Å². The van der Waals surface area contributed by atoms with Crippen LogP contribution in [0, 0.1) is 23.1 Å². The van der Waals surface area contributed by atoms with E-state index < -0.39 is 17.4 Å². The van der Waals surface area contributed by atoms with Gasteiger partial charge in [0, 0.05) is 30.9 Å². The van der Waals surface area contributed by atoms with Crippen molar-refractivity contribution < 1.29 is 19.1 Å². The molecule has 0 radical (unpaired) electrons. The molecule has 1 saturated carbocycles. The molecule has 3 amide bonds. The Morgan fingerprint density at radius 3 is 2.58 bits per heavy atom. The standard InChI is InChI=1S/C28H33FN6O3/c1-28(2,38)13-14-35-24-12-11-21(34(3)25(36)18-7-5-4-6-8-18)16-23(24)32-26(35)33-27(37)31-20-10-9-19(17-30)22(29)15-20/h9-12,15-16,18,38H,4-8,13-14H2,1-3H3,(H2,31,32,33,37). The summed E-state index contributed by atoms with van der Waals surface area (Å²) in [7, 11) is 1.77. The van der Waals surface area contributed by atoms with Crippen molar-refractivity contribution in [1.29, 1.82) is 5.26 Å². The molecule has 1 aromatic heterocycles. The highest BCUT2D eigenvalue weighted by molar-refractivity contribution is 6.00. The minimum absolute atomic E-state index is 0.0294. The van der Waals surface area contributed by atoms with E-state index in [2.05, 4.69) is 15.6 Å². The van der Waals surface area contributed by atoms with Crippen LogP contribution in [0.3, 0.4) is 0 Å². The second kappa shape index (κ2) is 11.2. The van der Waals surface area contributed by atoms with Gasteiger partial charge in [0.2, 0.25) is 11.9 Å². The highest BCUT2D eigenvalue weighted by Gasteiger charge is 2.25. The van der Waals surface area contributed by atoms with E-state index in [9.17, 15) is 19.1 Å². The molecule has 0 aliphatic heterocycles. The maximum Gasteiger partial charge on any atom is 0.326 e. The number of fused-ring (bicyclic) bond motifs is 1. The maximum absolute atomic E-state index is 14.0. The van der Waals surface area contributed by atoms with Gasteiger partial charge in [-0.1, -0.05) is 19.3 Å². The van der Waals surface area contributed by atoms with E-state index in [0.717, 1.165) is 37.3 Å². The Bertz CT molecular complexity index is 1380. The number of rotatable bonds is 7. The van der Waals surface area contributed by atoms with Crippen LogP contribution in [0.4, 0.5) is 26.5 Å². The third-order valence-electron chi connectivity index (χ3n) is 6.92. The molecule has 0 spiro atoms. The number of halogens is 1. The normalized spacial score (nSPS) is 14.2.